The fourth-order valence-corrected chi connectivity index (χ4v) is 1.26. The normalized spacial score (nSPS) is 27.7. The van der Waals surface area contributed by atoms with Gasteiger partial charge in [-0.2, -0.15) is 0 Å². The van der Waals surface area contributed by atoms with E-state index >= 15 is 0 Å². The molecule has 0 atom stereocenters. The maximum Gasteiger partial charge on any atom is 0.0865 e. The highest BCUT2D eigenvalue weighted by atomic mass is 19.1. The number of rotatable bonds is 0. The van der Waals surface area contributed by atoms with E-state index in [-0.39, 0.29) is 0 Å². The lowest BCUT2D eigenvalue weighted by atomic mass is 9.95. The molecule has 10 heavy (non-hydrogen) atoms. The molecule has 0 aromatic heterocycles. The van der Waals surface area contributed by atoms with E-state index in [0.29, 0.717) is 0 Å². The standard InChI is InChI=1S/C8H13FN/c1-7-6-10(2)4-3-8(7)5-9/h5H,3-4,6H2,1-2H3/b8-5+. The molecule has 0 bridgehead atoms. The van der Waals surface area contributed by atoms with E-state index in [9.17, 15) is 4.39 Å². The number of nitrogens with zero attached hydrogens (tertiary/aromatic N) is 1. The Morgan fingerprint density at radius 1 is 1.60 bits per heavy atom. The van der Waals surface area contributed by atoms with Crippen LogP contribution in [0.2, 0.25) is 0 Å². The molecule has 2 heteroatoms. The molecular weight excluding hydrogens is 129 g/mol. The van der Waals surface area contributed by atoms with Gasteiger partial charge in [0, 0.05) is 19.0 Å². The first kappa shape index (κ1) is 7.73. The number of halogens is 1. The van der Waals surface area contributed by atoms with Gasteiger partial charge in [0.25, 0.3) is 0 Å². The number of hydrogen-bond donors (Lipinski definition) is 0. The molecular formula is C8H13FN. The highest BCUT2D eigenvalue weighted by Crippen LogP contribution is 2.22. The van der Waals surface area contributed by atoms with E-state index < -0.39 is 0 Å². The third-order valence-corrected chi connectivity index (χ3v) is 1.95. The Morgan fingerprint density at radius 2 is 2.30 bits per heavy atom. The van der Waals surface area contributed by atoms with Crippen molar-refractivity contribution in [2.75, 3.05) is 20.1 Å². The Labute approximate surface area is 61.5 Å². The third kappa shape index (κ3) is 1.57. The van der Waals surface area contributed by atoms with Gasteiger partial charge in [0.15, 0.2) is 0 Å². The van der Waals surface area contributed by atoms with Crippen molar-refractivity contribution in [1.29, 1.82) is 0 Å². The first-order valence-electron chi connectivity index (χ1n) is 3.54. The molecule has 0 aliphatic carbocycles. The third-order valence-electron chi connectivity index (χ3n) is 1.95. The predicted octanol–water partition coefficient (Wildman–Crippen LogP) is 1.77. The van der Waals surface area contributed by atoms with Crippen LogP contribution in [0.3, 0.4) is 0 Å². The second-order valence-corrected chi connectivity index (χ2v) is 2.90. The zero-order valence-corrected chi connectivity index (χ0v) is 6.52. The molecule has 0 aromatic rings. The molecule has 1 radical (unpaired) electrons. The molecule has 1 aliphatic rings. The molecule has 57 valence electrons. The van der Waals surface area contributed by atoms with Crippen LogP contribution >= 0.6 is 0 Å². The average Bonchev–Trinajstić information content (AvgIpc) is 1.88. The number of hydrogen-bond acceptors (Lipinski definition) is 1. The molecule has 0 saturated carbocycles. The number of piperidine rings is 1. The van der Waals surface area contributed by atoms with Crippen molar-refractivity contribution in [3.63, 3.8) is 0 Å². The van der Waals surface area contributed by atoms with E-state index in [1.807, 2.05) is 6.92 Å². The van der Waals surface area contributed by atoms with Gasteiger partial charge in [0.05, 0.1) is 6.33 Å². The summed E-state index contributed by atoms with van der Waals surface area (Å²) in [7, 11) is 2.05. The fourth-order valence-electron chi connectivity index (χ4n) is 1.26. The second-order valence-electron chi connectivity index (χ2n) is 2.90. The zero-order chi connectivity index (χ0) is 7.56. The Hall–Kier alpha value is -0.370. The summed E-state index contributed by atoms with van der Waals surface area (Å²) in [6.07, 6.45) is 1.60. The predicted molar refractivity (Wildman–Crippen MR) is 40.2 cm³/mol. The molecule has 1 rings (SSSR count). The van der Waals surface area contributed by atoms with Gasteiger partial charge in [-0.25, -0.2) is 4.39 Å². The molecule has 1 nitrogen and oxygen atoms in total. The SMILES string of the molecule is C[C]1CN(C)CC/C1=C\F. The summed E-state index contributed by atoms with van der Waals surface area (Å²) in [5, 5.41) is 0. The van der Waals surface area contributed by atoms with Crippen molar-refractivity contribution >= 4 is 0 Å². The lowest BCUT2D eigenvalue weighted by Gasteiger charge is -2.28. The molecule has 1 saturated heterocycles. The van der Waals surface area contributed by atoms with E-state index in [1.165, 1.54) is 0 Å². The highest BCUT2D eigenvalue weighted by molar-refractivity contribution is 5.24. The van der Waals surface area contributed by atoms with Gasteiger partial charge in [-0.1, -0.05) is 6.92 Å². The lowest BCUT2D eigenvalue weighted by Crippen LogP contribution is -2.30. The lowest BCUT2D eigenvalue weighted by molar-refractivity contribution is 0.325. The van der Waals surface area contributed by atoms with E-state index in [1.54, 1.807) is 0 Å². The molecule has 0 spiro atoms. The smallest absolute Gasteiger partial charge is 0.0865 e. The molecule has 0 aromatic carbocycles. The monoisotopic (exact) mass is 142 g/mol. The highest BCUT2D eigenvalue weighted by Gasteiger charge is 2.17. The van der Waals surface area contributed by atoms with Crippen LogP contribution in [0.1, 0.15) is 13.3 Å². The van der Waals surface area contributed by atoms with Gasteiger partial charge in [0.1, 0.15) is 0 Å². The molecule has 0 unspecified atom stereocenters. The minimum absolute atomic E-state index is 0.738. The van der Waals surface area contributed by atoms with Crippen LogP contribution in [0.25, 0.3) is 0 Å². The van der Waals surface area contributed by atoms with Gasteiger partial charge in [0.2, 0.25) is 0 Å². The van der Waals surface area contributed by atoms with Crippen LogP contribution in [0, 0.1) is 5.92 Å². The van der Waals surface area contributed by atoms with Crippen LogP contribution < -0.4 is 0 Å². The van der Waals surface area contributed by atoms with Crippen LogP contribution in [-0.4, -0.2) is 25.0 Å². The maximum absolute atomic E-state index is 12.1. The van der Waals surface area contributed by atoms with Crippen molar-refractivity contribution < 1.29 is 4.39 Å². The first-order valence-corrected chi connectivity index (χ1v) is 3.54. The van der Waals surface area contributed by atoms with Crippen molar-refractivity contribution in [2.24, 2.45) is 0 Å². The van der Waals surface area contributed by atoms with Crippen molar-refractivity contribution in [3.05, 3.63) is 17.8 Å². The topological polar surface area (TPSA) is 3.24 Å². The van der Waals surface area contributed by atoms with E-state index in [0.717, 1.165) is 37.3 Å². The summed E-state index contributed by atoms with van der Waals surface area (Å²) in [5.74, 6) is 1.16. The van der Waals surface area contributed by atoms with E-state index in [4.69, 9.17) is 0 Å². The largest absolute Gasteiger partial charge is 0.305 e. The second kappa shape index (κ2) is 3.15. The molecule has 0 amide bonds. The van der Waals surface area contributed by atoms with Crippen LogP contribution in [0.4, 0.5) is 4.39 Å². The molecule has 1 fully saturated rings. The van der Waals surface area contributed by atoms with Gasteiger partial charge >= 0.3 is 0 Å². The molecule has 1 aliphatic heterocycles. The summed E-state index contributed by atoms with van der Waals surface area (Å²) in [6.45, 7) is 3.88. The number of likely N-dealkylation sites (tertiary alicyclic amines) is 1. The quantitative estimate of drug-likeness (QED) is 0.498. The fraction of sp³-hybridized carbons (Fsp3) is 0.625. The van der Waals surface area contributed by atoms with E-state index in [2.05, 4.69) is 11.9 Å². The first-order chi connectivity index (χ1) is 4.74. The van der Waals surface area contributed by atoms with Crippen molar-refractivity contribution in [1.82, 2.24) is 4.90 Å². The maximum atomic E-state index is 12.1. The Balaban J connectivity index is 2.52. The summed E-state index contributed by atoms with van der Waals surface area (Å²) < 4.78 is 12.1. The minimum atomic E-state index is 0.738. The summed E-state index contributed by atoms with van der Waals surface area (Å²) >= 11 is 0. The Bertz CT molecular complexity index is 142. The van der Waals surface area contributed by atoms with Crippen LogP contribution in [0.15, 0.2) is 11.9 Å². The Morgan fingerprint density at radius 3 is 2.80 bits per heavy atom. The van der Waals surface area contributed by atoms with Crippen molar-refractivity contribution in [3.8, 4) is 0 Å². The van der Waals surface area contributed by atoms with Gasteiger partial charge in [-0.05, 0) is 19.0 Å². The summed E-state index contributed by atoms with van der Waals surface area (Å²) in [4.78, 5) is 2.20. The molecule has 1 heterocycles. The Kier molecular flexibility index (Phi) is 2.44. The zero-order valence-electron chi connectivity index (χ0n) is 6.52. The van der Waals surface area contributed by atoms with Gasteiger partial charge < -0.3 is 4.90 Å². The van der Waals surface area contributed by atoms with Crippen molar-refractivity contribution in [2.45, 2.75) is 13.3 Å². The molecule has 0 N–H and O–H groups in total. The summed E-state index contributed by atoms with van der Waals surface area (Å²) in [6, 6.07) is 0. The van der Waals surface area contributed by atoms with Crippen LogP contribution in [-0.2, 0) is 0 Å². The van der Waals surface area contributed by atoms with Crippen LogP contribution in [0.5, 0.6) is 0 Å². The van der Waals surface area contributed by atoms with Gasteiger partial charge in [-0.3, -0.25) is 0 Å². The minimum Gasteiger partial charge on any atom is -0.305 e. The average molecular weight is 142 g/mol. The van der Waals surface area contributed by atoms with Gasteiger partial charge in [-0.15, -0.1) is 0 Å². The summed E-state index contributed by atoms with van der Waals surface area (Å²) in [5.41, 5.74) is 0.887.